The van der Waals surface area contributed by atoms with Gasteiger partial charge in [-0.15, -0.1) is 0 Å². The predicted octanol–water partition coefficient (Wildman–Crippen LogP) is 0.727. The normalized spacial score (nSPS) is 46.8. The van der Waals surface area contributed by atoms with Gasteiger partial charge in [-0.25, -0.2) is 0 Å². The summed E-state index contributed by atoms with van der Waals surface area (Å²) in [5, 5.41) is 0. The second kappa shape index (κ2) is 1.95. The standard InChI is InChI=1S/C8H15NO/c1-9-5-7-3-8(4-7,6-9)10-2/h7H,3-6H2,1-2H3. The van der Waals surface area contributed by atoms with Gasteiger partial charge in [0.25, 0.3) is 0 Å². The van der Waals surface area contributed by atoms with Crippen LogP contribution in [0.3, 0.4) is 0 Å². The first-order valence-electron chi connectivity index (χ1n) is 3.98. The molecule has 3 fully saturated rings. The molecule has 3 aliphatic rings. The molecule has 0 N–H and O–H groups in total. The minimum Gasteiger partial charge on any atom is -0.377 e. The first-order valence-corrected chi connectivity index (χ1v) is 3.98. The van der Waals surface area contributed by atoms with Crippen LogP contribution in [0.5, 0.6) is 0 Å². The number of methoxy groups -OCH3 is 1. The van der Waals surface area contributed by atoms with Crippen molar-refractivity contribution in [3.8, 4) is 0 Å². The summed E-state index contributed by atoms with van der Waals surface area (Å²) in [6, 6.07) is 0. The van der Waals surface area contributed by atoms with E-state index in [1.54, 1.807) is 0 Å². The number of hydrogen-bond acceptors (Lipinski definition) is 2. The molecular formula is C8H15NO. The SMILES string of the molecule is COC12CC(CN(C)C1)C2. The molecule has 2 nitrogen and oxygen atoms in total. The minimum absolute atomic E-state index is 0.262. The van der Waals surface area contributed by atoms with E-state index in [0.717, 1.165) is 12.5 Å². The lowest BCUT2D eigenvalue weighted by molar-refractivity contribution is -0.156. The van der Waals surface area contributed by atoms with Crippen LogP contribution in [-0.2, 0) is 4.74 Å². The highest BCUT2D eigenvalue weighted by atomic mass is 16.5. The number of nitrogens with zero attached hydrogens (tertiary/aromatic N) is 1. The number of likely N-dealkylation sites (N-methyl/N-ethyl adjacent to an activating group) is 1. The molecule has 2 bridgehead atoms. The van der Waals surface area contributed by atoms with E-state index in [2.05, 4.69) is 11.9 Å². The lowest BCUT2D eigenvalue weighted by Crippen LogP contribution is -2.60. The summed E-state index contributed by atoms with van der Waals surface area (Å²) in [6.07, 6.45) is 2.60. The third-order valence-corrected chi connectivity index (χ3v) is 2.88. The smallest absolute Gasteiger partial charge is 0.0811 e. The Balaban J connectivity index is 2.03. The fraction of sp³-hybridized carbons (Fsp3) is 1.00. The van der Waals surface area contributed by atoms with Crippen LogP contribution in [-0.4, -0.2) is 37.7 Å². The van der Waals surface area contributed by atoms with Crippen LogP contribution in [0, 0.1) is 5.92 Å². The number of fused-ring (bicyclic) bond motifs is 2. The lowest BCUT2D eigenvalue weighted by atomic mass is 9.67. The molecule has 58 valence electrons. The van der Waals surface area contributed by atoms with Gasteiger partial charge >= 0.3 is 0 Å². The molecule has 2 aliphatic heterocycles. The van der Waals surface area contributed by atoms with Crippen LogP contribution >= 0.6 is 0 Å². The second-order valence-electron chi connectivity index (χ2n) is 3.86. The Morgan fingerprint density at radius 1 is 1.50 bits per heavy atom. The summed E-state index contributed by atoms with van der Waals surface area (Å²) in [5.41, 5.74) is 0.262. The fourth-order valence-corrected chi connectivity index (χ4v) is 2.48. The second-order valence-corrected chi connectivity index (χ2v) is 3.86. The predicted molar refractivity (Wildman–Crippen MR) is 40.0 cm³/mol. The Bertz CT molecular complexity index is 140. The molecule has 0 unspecified atom stereocenters. The van der Waals surface area contributed by atoms with Crippen molar-refractivity contribution in [2.45, 2.75) is 18.4 Å². The average molecular weight is 141 g/mol. The first-order chi connectivity index (χ1) is 4.74. The van der Waals surface area contributed by atoms with Crippen molar-refractivity contribution in [3.63, 3.8) is 0 Å². The highest BCUT2D eigenvalue weighted by molar-refractivity contribution is 5.02. The van der Waals surface area contributed by atoms with Crippen LogP contribution < -0.4 is 0 Å². The molecule has 0 aromatic heterocycles. The van der Waals surface area contributed by atoms with Crippen molar-refractivity contribution in [3.05, 3.63) is 0 Å². The maximum Gasteiger partial charge on any atom is 0.0811 e. The molecule has 0 atom stereocenters. The van der Waals surface area contributed by atoms with Gasteiger partial charge < -0.3 is 9.64 Å². The molecule has 0 amide bonds. The average Bonchev–Trinajstić information content (AvgIpc) is 1.84. The largest absolute Gasteiger partial charge is 0.377 e. The van der Waals surface area contributed by atoms with Gasteiger partial charge in [-0.1, -0.05) is 0 Å². The zero-order valence-corrected chi connectivity index (χ0v) is 6.76. The Morgan fingerprint density at radius 3 is 2.60 bits per heavy atom. The van der Waals surface area contributed by atoms with Crippen LogP contribution in [0.15, 0.2) is 0 Å². The molecule has 0 aromatic rings. The van der Waals surface area contributed by atoms with E-state index in [0.29, 0.717) is 0 Å². The Kier molecular flexibility index (Phi) is 1.29. The molecule has 1 saturated carbocycles. The van der Waals surface area contributed by atoms with E-state index in [9.17, 15) is 0 Å². The minimum atomic E-state index is 0.262. The van der Waals surface area contributed by atoms with Gasteiger partial charge in [0.1, 0.15) is 0 Å². The Morgan fingerprint density at radius 2 is 2.20 bits per heavy atom. The zero-order chi connectivity index (χ0) is 7.19. The van der Waals surface area contributed by atoms with Crippen molar-refractivity contribution in [2.75, 3.05) is 27.2 Å². The summed E-state index contributed by atoms with van der Waals surface area (Å²) in [5.74, 6) is 0.929. The molecule has 2 heteroatoms. The zero-order valence-electron chi connectivity index (χ0n) is 6.76. The molecular weight excluding hydrogens is 126 g/mol. The first kappa shape index (κ1) is 6.62. The van der Waals surface area contributed by atoms with E-state index in [1.165, 1.54) is 19.4 Å². The fourth-order valence-electron chi connectivity index (χ4n) is 2.48. The van der Waals surface area contributed by atoms with Crippen molar-refractivity contribution >= 4 is 0 Å². The van der Waals surface area contributed by atoms with Crippen LogP contribution in [0.25, 0.3) is 0 Å². The van der Waals surface area contributed by atoms with Gasteiger partial charge in [-0.05, 0) is 25.8 Å². The van der Waals surface area contributed by atoms with Gasteiger partial charge in [-0.2, -0.15) is 0 Å². The molecule has 0 aromatic carbocycles. The maximum absolute atomic E-state index is 5.47. The van der Waals surface area contributed by atoms with E-state index < -0.39 is 0 Å². The number of ether oxygens (including phenoxy) is 1. The summed E-state index contributed by atoms with van der Waals surface area (Å²) in [7, 11) is 4.02. The monoisotopic (exact) mass is 141 g/mol. The Hall–Kier alpha value is -0.0800. The van der Waals surface area contributed by atoms with Crippen LogP contribution in [0.2, 0.25) is 0 Å². The van der Waals surface area contributed by atoms with E-state index in [1.807, 2.05) is 7.11 Å². The van der Waals surface area contributed by atoms with Crippen LogP contribution in [0.4, 0.5) is 0 Å². The number of piperidine rings is 2. The van der Waals surface area contributed by atoms with Crippen molar-refractivity contribution in [2.24, 2.45) is 5.92 Å². The number of hydrogen-bond donors (Lipinski definition) is 0. The van der Waals surface area contributed by atoms with E-state index in [-0.39, 0.29) is 5.60 Å². The van der Waals surface area contributed by atoms with Gasteiger partial charge in [0.2, 0.25) is 0 Å². The van der Waals surface area contributed by atoms with E-state index >= 15 is 0 Å². The van der Waals surface area contributed by atoms with Crippen LogP contribution in [0.1, 0.15) is 12.8 Å². The summed E-state index contributed by atoms with van der Waals surface area (Å²) < 4.78 is 5.47. The lowest BCUT2D eigenvalue weighted by Gasteiger charge is -2.54. The Labute approximate surface area is 62.2 Å². The maximum atomic E-state index is 5.47. The third-order valence-electron chi connectivity index (χ3n) is 2.88. The molecule has 2 heterocycles. The van der Waals surface area contributed by atoms with Crippen molar-refractivity contribution in [1.29, 1.82) is 0 Å². The summed E-state index contributed by atoms with van der Waals surface area (Å²) >= 11 is 0. The molecule has 2 saturated heterocycles. The van der Waals surface area contributed by atoms with Gasteiger partial charge in [0.05, 0.1) is 5.60 Å². The molecule has 1 aliphatic carbocycles. The summed E-state index contributed by atoms with van der Waals surface area (Å²) in [6.45, 7) is 2.42. The summed E-state index contributed by atoms with van der Waals surface area (Å²) in [4.78, 5) is 2.38. The highest BCUT2D eigenvalue weighted by Gasteiger charge is 2.49. The molecule has 0 radical (unpaired) electrons. The quantitative estimate of drug-likeness (QED) is 0.533. The van der Waals surface area contributed by atoms with E-state index in [4.69, 9.17) is 4.74 Å². The third kappa shape index (κ3) is 0.789. The van der Waals surface area contributed by atoms with Gasteiger partial charge in [-0.3, -0.25) is 0 Å². The molecule has 3 rings (SSSR count). The van der Waals surface area contributed by atoms with Crippen molar-refractivity contribution < 1.29 is 4.74 Å². The molecule has 10 heavy (non-hydrogen) atoms. The van der Waals surface area contributed by atoms with Crippen molar-refractivity contribution in [1.82, 2.24) is 4.90 Å². The van der Waals surface area contributed by atoms with Gasteiger partial charge in [0, 0.05) is 20.2 Å². The highest BCUT2D eigenvalue weighted by Crippen LogP contribution is 2.44. The van der Waals surface area contributed by atoms with Gasteiger partial charge in [0.15, 0.2) is 0 Å². The number of rotatable bonds is 1. The topological polar surface area (TPSA) is 12.5 Å². The molecule has 0 spiro atoms.